The van der Waals surface area contributed by atoms with Gasteiger partial charge in [0.05, 0.1) is 6.04 Å². The van der Waals surface area contributed by atoms with E-state index in [1.54, 1.807) is 0 Å². The maximum absolute atomic E-state index is 12.1. The zero-order valence-electron chi connectivity index (χ0n) is 13.9. The first-order chi connectivity index (χ1) is 9.90. The zero-order chi connectivity index (χ0) is 15.8. The summed E-state index contributed by atoms with van der Waals surface area (Å²) in [5.74, 6) is 0.170. The fraction of sp³-hybridized carbons (Fsp3) is 0.933. The summed E-state index contributed by atoms with van der Waals surface area (Å²) in [6.07, 6.45) is 0.973. The molecule has 0 aromatic carbocycles. The number of thiol groups is 1. The molecule has 0 radical (unpaired) electrons. The van der Waals surface area contributed by atoms with Gasteiger partial charge >= 0.3 is 0 Å². The molecule has 1 aliphatic rings. The molecule has 21 heavy (non-hydrogen) atoms. The SMILES string of the molecule is CC(S)CN1CCC1C(=O)NCCN(C)CCNC(C)C. The number of rotatable bonds is 10. The molecule has 1 saturated heterocycles. The van der Waals surface area contributed by atoms with Gasteiger partial charge in [0, 0.05) is 50.6 Å². The molecule has 6 heteroatoms. The second-order valence-corrected chi connectivity index (χ2v) is 7.23. The van der Waals surface area contributed by atoms with Crippen LogP contribution in [0.15, 0.2) is 0 Å². The zero-order valence-corrected chi connectivity index (χ0v) is 14.8. The molecule has 1 fully saturated rings. The third-order valence-electron chi connectivity index (χ3n) is 3.77. The normalized spacial score (nSPS) is 20.6. The molecule has 1 aliphatic heterocycles. The molecule has 0 aromatic rings. The van der Waals surface area contributed by atoms with Crippen molar-refractivity contribution in [1.82, 2.24) is 20.4 Å². The molecular weight excluding hydrogens is 284 g/mol. The average Bonchev–Trinajstić information content (AvgIpc) is 2.34. The first-order valence-electron chi connectivity index (χ1n) is 8.02. The summed E-state index contributed by atoms with van der Waals surface area (Å²) in [5, 5.41) is 6.76. The van der Waals surface area contributed by atoms with Gasteiger partial charge in [-0.25, -0.2) is 0 Å². The van der Waals surface area contributed by atoms with Crippen LogP contribution < -0.4 is 10.6 Å². The number of nitrogens with zero attached hydrogens (tertiary/aromatic N) is 2. The molecule has 124 valence electrons. The van der Waals surface area contributed by atoms with Gasteiger partial charge in [0.1, 0.15) is 0 Å². The van der Waals surface area contributed by atoms with E-state index in [4.69, 9.17) is 0 Å². The lowest BCUT2D eigenvalue weighted by Gasteiger charge is -2.40. The van der Waals surface area contributed by atoms with Crippen molar-refractivity contribution in [3.05, 3.63) is 0 Å². The largest absolute Gasteiger partial charge is 0.353 e. The van der Waals surface area contributed by atoms with E-state index in [1.165, 1.54) is 0 Å². The van der Waals surface area contributed by atoms with Gasteiger partial charge in [-0.1, -0.05) is 20.8 Å². The first-order valence-corrected chi connectivity index (χ1v) is 8.53. The summed E-state index contributed by atoms with van der Waals surface area (Å²) in [4.78, 5) is 16.5. The number of likely N-dealkylation sites (tertiary alicyclic amines) is 1. The lowest BCUT2D eigenvalue weighted by atomic mass is 10.0. The van der Waals surface area contributed by atoms with Crippen LogP contribution in [0.1, 0.15) is 27.2 Å². The molecule has 1 amide bonds. The van der Waals surface area contributed by atoms with Gasteiger partial charge in [-0.3, -0.25) is 9.69 Å². The molecule has 5 nitrogen and oxygen atoms in total. The number of carbonyl (C=O) groups is 1. The number of nitrogens with one attached hydrogen (secondary N) is 2. The lowest BCUT2D eigenvalue weighted by Crippen LogP contribution is -2.57. The summed E-state index contributed by atoms with van der Waals surface area (Å²) in [6, 6.07) is 0.587. The molecule has 0 aromatic heterocycles. The van der Waals surface area contributed by atoms with E-state index < -0.39 is 0 Å². The van der Waals surface area contributed by atoms with E-state index in [0.29, 0.717) is 11.3 Å². The van der Waals surface area contributed by atoms with Crippen molar-refractivity contribution in [3.63, 3.8) is 0 Å². The molecule has 0 bridgehead atoms. The molecule has 2 unspecified atom stereocenters. The van der Waals surface area contributed by atoms with Gasteiger partial charge in [-0.05, 0) is 13.5 Å². The molecular formula is C15H32N4OS. The fourth-order valence-corrected chi connectivity index (χ4v) is 2.65. The van der Waals surface area contributed by atoms with Crippen LogP contribution in [0.5, 0.6) is 0 Å². The van der Waals surface area contributed by atoms with Crippen LogP contribution in [-0.2, 0) is 4.79 Å². The van der Waals surface area contributed by atoms with E-state index in [1.807, 2.05) is 0 Å². The number of carbonyl (C=O) groups excluding carboxylic acids is 1. The number of hydrogen-bond acceptors (Lipinski definition) is 5. The molecule has 2 N–H and O–H groups in total. The number of amides is 1. The fourth-order valence-electron chi connectivity index (χ4n) is 2.44. The van der Waals surface area contributed by atoms with Crippen LogP contribution in [0.3, 0.4) is 0 Å². The Morgan fingerprint density at radius 3 is 2.52 bits per heavy atom. The minimum atomic E-state index is 0.0625. The van der Waals surface area contributed by atoms with Gasteiger partial charge in [0.15, 0.2) is 0 Å². The van der Waals surface area contributed by atoms with Crippen LogP contribution >= 0.6 is 12.6 Å². The Morgan fingerprint density at radius 2 is 2.00 bits per heavy atom. The predicted molar refractivity (Wildman–Crippen MR) is 92.1 cm³/mol. The van der Waals surface area contributed by atoms with E-state index >= 15 is 0 Å². The number of hydrogen-bond donors (Lipinski definition) is 3. The van der Waals surface area contributed by atoms with Gasteiger partial charge in [0.2, 0.25) is 5.91 Å². The first kappa shape index (κ1) is 18.7. The molecule has 0 aliphatic carbocycles. The summed E-state index contributed by atoms with van der Waals surface area (Å²) >= 11 is 4.39. The minimum Gasteiger partial charge on any atom is -0.353 e. The summed E-state index contributed by atoms with van der Waals surface area (Å²) in [5.41, 5.74) is 0. The van der Waals surface area contributed by atoms with Gasteiger partial charge in [-0.2, -0.15) is 12.6 Å². The Bertz CT molecular complexity index is 312. The van der Waals surface area contributed by atoms with Crippen LogP contribution in [0, 0.1) is 0 Å². The standard InChI is InChI=1S/C15H32N4OS/c1-12(2)16-6-9-18(4)10-7-17-15(20)14-5-8-19(14)11-13(3)21/h12-14,16,21H,5-11H2,1-4H3,(H,17,20). The Balaban J connectivity index is 2.10. The minimum absolute atomic E-state index is 0.0625. The summed E-state index contributed by atoms with van der Waals surface area (Å²) in [7, 11) is 2.09. The Labute approximate surface area is 135 Å². The maximum Gasteiger partial charge on any atom is 0.237 e. The lowest BCUT2D eigenvalue weighted by molar-refractivity contribution is -0.130. The highest BCUT2D eigenvalue weighted by Gasteiger charge is 2.33. The van der Waals surface area contributed by atoms with Crippen molar-refractivity contribution in [2.24, 2.45) is 0 Å². The van der Waals surface area contributed by atoms with E-state index in [2.05, 4.69) is 60.9 Å². The molecule has 2 atom stereocenters. The smallest absolute Gasteiger partial charge is 0.237 e. The van der Waals surface area contributed by atoms with Crippen molar-refractivity contribution in [2.45, 2.75) is 44.5 Å². The molecule has 0 spiro atoms. The van der Waals surface area contributed by atoms with Crippen molar-refractivity contribution in [3.8, 4) is 0 Å². The Kier molecular flexibility index (Phi) is 8.63. The second-order valence-electron chi connectivity index (χ2n) is 6.35. The highest BCUT2D eigenvalue weighted by Crippen LogP contribution is 2.18. The number of likely N-dealkylation sites (N-methyl/N-ethyl adjacent to an activating group) is 1. The average molecular weight is 317 g/mol. The maximum atomic E-state index is 12.1. The predicted octanol–water partition coefficient (Wildman–Crippen LogP) is 0.425. The van der Waals surface area contributed by atoms with Gasteiger partial charge in [0.25, 0.3) is 0 Å². The summed E-state index contributed by atoms with van der Waals surface area (Å²) < 4.78 is 0. The van der Waals surface area contributed by atoms with Gasteiger partial charge in [-0.15, -0.1) is 0 Å². The van der Waals surface area contributed by atoms with Crippen molar-refractivity contribution in [1.29, 1.82) is 0 Å². The van der Waals surface area contributed by atoms with Crippen molar-refractivity contribution >= 4 is 18.5 Å². The molecule has 1 heterocycles. The monoisotopic (exact) mass is 316 g/mol. The summed E-state index contributed by atoms with van der Waals surface area (Å²) in [6.45, 7) is 11.9. The van der Waals surface area contributed by atoms with E-state index in [0.717, 1.165) is 45.7 Å². The van der Waals surface area contributed by atoms with Crippen LogP contribution in [0.25, 0.3) is 0 Å². The second kappa shape index (κ2) is 9.66. The van der Waals surface area contributed by atoms with E-state index in [9.17, 15) is 4.79 Å². The van der Waals surface area contributed by atoms with E-state index in [-0.39, 0.29) is 11.9 Å². The van der Waals surface area contributed by atoms with Crippen LogP contribution in [0.4, 0.5) is 0 Å². The third-order valence-corrected chi connectivity index (χ3v) is 3.93. The Hall–Kier alpha value is -0.300. The molecule has 0 saturated carbocycles. The topological polar surface area (TPSA) is 47.6 Å². The van der Waals surface area contributed by atoms with Crippen LogP contribution in [-0.4, -0.2) is 79.4 Å². The highest BCUT2D eigenvalue weighted by molar-refractivity contribution is 7.80. The quantitative estimate of drug-likeness (QED) is 0.512. The van der Waals surface area contributed by atoms with Gasteiger partial charge < -0.3 is 15.5 Å². The third kappa shape index (κ3) is 7.49. The Morgan fingerprint density at radius 1 is 1.33 bits per heavy atom. The molecule has 1 rings (SSSR count). The van der Waals surface area contributed by atoms with Crippen LogP contribution in [0.2, 0.25) is 0 Å². The highest BCUT2D eigenvalue weighted by atomic mass is 32.1. The van der Waals surface area contributed by atoms with Crippen molar-refractivity contribution in [2.75, 3.05) is 46.3 Å². The van der Waals surface area contributed by atoms with Crippen molar-refractivity contribution < 1.29 is 4.79 Å².